The minimum Gasteiger partial charge on any atom is -0.497 e. The Morgan fingerprint density at radius 1 is 1.50 bits per heavy atom. The van der Waals surface area contributed by atoms with Crippen molar-refractivity contribution < 1.29 is 14.3 Å². The second kappa shape index (κ2) is 6.75. The van der Waals surface area contributed by atoms with E-state index in [1.54, 1.807) is 7.11 Å². The molecule has 1 aromatic carbocycles. The lowest BCUT2D eigenvalue weighted by Crippen LogP contribution is -2.39. The third-order valence-electron chi connectivity index (χ3n) is 3.76. The fourth-order valence-electron chi connectivity index (χ4n) is 2.71. The predicted octanol–water partition coefficient (Wildman–Crippen LogP) is 2.61. The minimum absolute atomic E-state index is 0.188. The van der Waals surface area contributed by atoms with Crippen LogP contribution in [0.25, 0.3) is 0 Å². The summed E-state index contributed by atoms with van der Waals surface area (Å²) >= 11 is 0. The minimum atomic E-state index is -0.294. The van der Waals surface area contributed by atoms with Crippen molar-refractivity contribution >= 4 is 5.97 Å². The second-order valence-electron chi connectivity index (χ2n) is 5.15. The molecule has 0 aliphatic heterocycles. The molecule has 0 saturated carbocycles. The molecule has 1 N–H and O–H groups in total. The van der Waals surface area contributed by atoms with Crippen molar-refractivity contribution in [3.05, 3.63) is 29.3 Å². The number of carbonyl (C=O) groups is 1. The molecular formula is C16H23NO3. The van der Waals surface area contributed by atoms with Crippen LogP contribution in [-0.2, 0) is 16.0 Å². The number of nitrogens with one attached hydrogen (secondary N) is 1. The van der Waals surface area contributed by atoms with Gasteiger partial charge in [0, 0.05) is 6.04 Å². The molecule has 0 fully saturated rings. The van der Waals surface area contributed by atoms with Crippen molar-refractivity contribution in [3.8, 4) is 5.75 Å². The van der Waals surface area contributed by atoms with Gasteiger partial charge in [-0.15, -0.1) is 0 Å². The highest BCUT2D eigenvalue weighted by molar-refractivity contribution is 5.75. The molecule has 1 aromatic rings. The number of fused-ring (bicyclic) bond motifs is 1. The van der Waals surface area contributed by atoms with Gasteiger partial charge in [0.2, 0.25) is 0 Å². The summed E-state index contributed by atoms with van der Waals surface area (Å²) in [4.78, 5) is 11.7. The zero-order chi connectivity index (χ0) is 14.5. The molecule has 0 amide bonds. The Balaban J connectivity index is 2.13. The van der Waals surface area contributed by atoms with Crippen LogP contribution in [0.1, 0.15) is 43.9 Å². The lowest BCUT2D eigenvalue weighted by Gasteiger charge is -2.29. The first-order valence-corrected chi connectivity index (χ1v) is 7.25. The molecule has 2 rings (SSSR count). The highest BCUT2D eigenvalue weighted by Gasteiger charge is 2.24. The quantitative estimate of drug-likeness (QED) is 0.840. The van der Waals surface area contributed by atoms with Crippen LogP contribution >= 0.6 is 0 Å². The molecule has 110 valence electrons. The maximum Gasteiger partial charge on any atom is 0.322 e. The van der Waals surface area contributed by atoms with E-state index in [2.05, 4.69) is 17.4 Å². The number of aryl methyl sites for hydroxylation is 1. The van der Waals surface area contributed by atoms with E-state index in [0.717, 1.165) is 25.0 Å². The number of esters is 1. The average molecular weight is 277 g/mol. The topological polar surface area (TPSA) is 47.6 Å². The van der Waals surface area contributed by atoms with Crippen molar-refractivity contribution in [3.63, 3.8) is 0 Å². The van der Waals surface area contributed by atoms with E-state index < -0.39 is 0 Å². The van der Waals surface area contributed by atoms with Gasteiger partial charge in [-0.05, 0) is 56.4 Å². The molecule has 0 spiro atoms. The first-order chi connectivity index (χ1) is 9.65. The molecule has 0 bridgehead atoms. The zero-order valence-electron chi connectivity index (χ0n) is 12.4. The number of hydrogen-bond donors (Lipinski definition) is 1. The van der Waals surface area contributed by atoms with Gasteiger partial charge in [0.15, 0.2) is 0 Å². The highest BCUT2D eigenvalue weighted by Crippen LogP contribution is 2.32. The number of methoxy groups -OCH3 is 1. The first-order valence-electron chi connectivity index (χ1n) is 7.25. The monoisotopic (exact) mass is 277 g/mol. The summed E-state index contributed by atoms with van der Waals surface area (Å²) in [5, 5.41) is 3.38. The summed E-state index contributed by atoms with van der Waals surface area (Å²) in [6.45, 7) is 4.10. The van der Waals surface area contributed by atoms with Gasteiger partial charge in [-0.1, -0.05) is 6.07 Å². The van der Waals surface area contributed by atoms with Crippen molar-refractivity contribution in [1.29, 1.82) is 0 Å². The molecule has 1 aliphatic carbocycles. The summed E-state index contributed by atoms with van der Waals surface area (Å²) in [5.74, 6) is 0.670. The molecular weight excluding hydrogens is 254 g/mol. The van der Waals surface area contributed by atoms with Crippen molar-refractivity contribution in [2.45, 2.75) is 45.2 Å². The molecule has 2 unspecified atom stereocenters. The van der Waals surface area contributed by atoms with Crippen LogP contribution in [0.2, 0.25) is 0 Å². The van der Waals surface area contributed by atoms with Crippen molar-refractivity contribution in [2.75, 3.05) is 13.7 Å². The smallest absolute Gasteiger partial charge is 0.322 e. The van der Waals surface area contributed by atoms with Gasteiger partial charge in [-0.3, -0.25) is 10.1 Å². The number of carbonyl (C=O) groups excluding carboxylic acids is 1. The standard InChI is InChI=1S/C16H23NO3/c1-4-20-16(18)11(2)17-15-7-5-6-12-8-9-13(19-3)10-14(12)15/h8-11,15,17H,4-7H2,1-3H3. The third-order valence-corrected chi connectivity index (χ3v) is 3.76. The van der Waals surface area contributed by atoms with E-state index in [4.69, 9.17) is 9.47 Å². The Morgan fingerprint density at radius 3 is 3.00 bits per heavy atom. The summed E-state index contributed by atoms with van der Waals surface area (Å²) < 4.78 is 10.4. The first kappa shape index (κ1) is 14.9. The fraction of sp³-hybridized carbons (Fsp3) is 0.562. The number of rotatable bonds is 5. The van der Waals surface area contributed by atoms with Gasteiger partial charge in [-0.25, -0.2) is 0 Å². The lowest BCUT2D eigenvalue weighted by atomic mass is 9.87. The van der Waals surface area contributed by atoms with Crippen LogP contribution in [0.4, 0.5) is 0 Å². The van der Waals surface area contributed by atoms with Gasteiger partial charge in [0.25, 0.3) is 0 Å². The number of benzene rings is 1. The molecule has 1 aliphatic rings. The third kappa shape index (κ3) is 3.31. The number of ether oxygens (including phenoxy) is 2. The molecule has 0 aromatic heterocycles. The Morgan fingerprint density at radius 2 is 2.30 bits per heavy atom. The second-order valence-corrected chi connectivity index (χ2v) is 5.15. The van der Waals surface area contributed by atoms with E-state index >= 15 is 0 Å². The van der Waals surface area contributed by atoms with Crippen LogP contribution in [0.3, 0.4) is 0 Å². The lowest BCUT2D eigenvalue weighted by molar-refractivity contribution is -0.145. The van der Waals surface area contributed by atoms with Gasteiger partial charge in [-0.2, -0.15) is 0 Å². The Hall–Kier alpha value is -1.55. The average Bonchev–Trinajstić information content (AvgIpc) is 2.47. The van der Waals surface area contributed by atoms with Gasteiger partial charge in [0.1, 0.15) is 11.8 Å². The summed E-state index contributed by atoms with van der Waals surface area (Å²) in [6, 6.07) is 6.09. The van der Waals surface area contributed by atoms with E-state index in [1.807, 2.05) is 19.9 Å². The van der Waals surface area contributed by atoms with E-state index in [0.29, 0.717) is 6.61 Å². The van der Waals surface area contributed by atoms with Gasteiger partial charge < -0.3 is 9.47 Å². The Bertz CT molecular complexity index is 473. The maximum absolute atomic E-state index is 11.7. The van der Waals surface area contributed by atoms with Gasteiger partial charge in [0.05, 0.1) is 13.7 Å². The van der Waals surface area contributed by atoms with Crippen molar-refractivity contribution in [1.82, 2.24) is 5.32 Å². The van der Waals surface area contributed by atoms with Crippen LogP contribution in [-0.4, -0.2) is 25.7 Å². The maximum atomic E-state index is 11.7. The SMILES string of the molecule is CCOC(=O)C(C)NC1CCCc2ccc(OC)cc21. The molecule has 0 heterocycles. The largest absolute Gasteiger partial charge is 0.497 e. The van der Waals surface area contributed by atoms with Crippen LogP contribution < -0.4 is 10.1 Å². The Kier molecular flexibility index (Phi) is 5.01. The van der Waals surface area contributed by atoms with Crippen LogP contribution in [0.15, 0.2) is 18.2 Å². The van der Waals surface area contributed by atoms with E-state index in [9.17, 15) is 4.79 Å². The number of hydrogen-bond acceptors (Lipinski definition) is 4. The van der Waals surface area contributed by atoms with Crippen molar-refractivity contribution in [2.24, 2.45) is 0 Å². The van der Waals surface area contributed by atoms with Gasteiger partial charge >= 0.3 is 5.97 Å². The fourth-order valence-corrected chi connectivity index (χ4v) is 2.71. The van der Waals surface area contributed by atoms with Crippen LogP contribution in [0.5, 0.6) is 5.75 Å². The molecule has 2 atom stereocenters. The highest BCUT2D eigenvalue weighted by atomic mass is 16.5. The van der Waals surface area contributed by atoms with E-state index in [1.165, 1.54) is 11.1 Å². The molecule has 0 saturated heterocycles. The summed E-state index contributed by atoms with van der Waals surface area (Å²) in [6.07, 6.45) is 3.25. The molecule has 4 nitrogen and oxygen atoms in total. The summed E-state index contributed by atoms with van der Waals surface area (Å²) in [7, 11) is 1.67. The molecule has 0 radical (unpaired) electrons. The zero-order valence-corrected chi connectivity index (χ0v) is 12.4. The van der Waals surface area contributed by atoms with Crippen LogP contribution in [0, 0.1) is 0 Å². The molecule has 20 heavy (non-hydrogen) atoms. The Labute approximate surface area is 120 Å². The normalized spacial score (nSPS) is 19.1. The summed E-state index contributed by atoms with van der Waals surface area (Å²) in [5.41, 5.74) is 2.58. The van der Waals surface area contributed by atoms with E-state index in [-0.39, 0.29) is 18.1 Å². The molecule has 4 heteroatoms. The predicted molar refractivity (Wildman–Crippen MR) is 77.9 cm³/mol.